The van der Waals surface area contributed by atoms with E-state index >= 15 is 0 Å². The molecule has 0 aromatic carbocycles. The summed E-state index contributed by atoms with van der Waals surface area (Å²) in [5.41, 5.74) is 0. The summed E-state index contributed by atoms with van der Waals surface area (Å²) in [7, 11) is 0. The number of nitrogens with one attached hydrogen (secondary N) is 1. The maximum absolute atomic E-state index is 4.57. The summed E-state index contributed by atoms with van der Waals surface area (Å²) in [6.45, 7) is 6.62. The van der Waals surface area contributed by atoms with Crippen molar-refractivity contribution in [2.45, 2.75) is 58.5 Å². The highest BCUT2D eigenvalue weighted by Gasteiger charge is 2.27. The van der Waals surface area contributed by atoms with E-state index in [0.29, 0.717) is 6.04 Å². The Kier molecular flexibility index (Phi) is 4.60. The lowest BCUT2D eigenvalue weighted by atomic mass is 10.1. The van der Waals surface area contributed by atoms with Gasteiger partial charge in [0.2, 0.25) is 0 Å². The van der Waals surface area contributed by atoms with Crippen molar-refractivity contribution in [1.29, 1.82) is 0 Å². The van der Waals surface area contributed by atoms with Crippen molar-refractivity contribution in [3.05, 3.63) is 18.2 Å². The zero-order chi connectivity index (χ0) is 12.1. The van der Waals surface area contributed by atoms with Gasteiger partial charge in [0, 0.05) is 18.9 Å². The third-order valence-corrected chi connectivity index (χ3v) is 3.43. The minimum absolute atomic E-state index is 0.462. The Labute approximate surface area is 105 Å². The molecule has 3 nitrogen and oxygen atoms in total. The second-order valence-corrected chi connectivity index (χ2v) is 5.16. The molecule has 0 bridgehead atoms. The topological polar surface area (TPSA) is 29.9 Å². The van der Waals surface area contributed by atoms with E-state index in [2.05, 4.69) is 34.9 Å². The summed E-state index contributed by atoms with van der Waals surface area (Å²) >= 11 is 0. The molecule has 0 aliphatic heterocycles. The predicted molar refractivity (Wildman–Crippen MR) is 70.9 cm³/mol. The molecule has 0 radical (unpaired) electrons. The van der Waals surface area contributed by atoms with Crippen LogP contribution in [0.4, 0.5) is 0 Å². The van der Waals surface area contributed by atoms with E-state index in [1.54, 1.807) is 0 Å². The third kappa shape index (κ3) is 3.56. The van der Waals surface area contributed by atoms with Gasteiger partial charge in [0.05, 0.1) is 6.04 Å². The first-order chi connectivity index (χ1) is 8.35. The van der Waals surface area contributed by atoms with Crippen LogP contribution in [0.15, 0.2) is 12.4 Å². The second-order valence-electron chi connectivity index (χ2n) is 5.16. The Morgan fingerprint density at radius 1 is 1.41 bits per heavy atom. The molecule has 1 aromatic rings. The normalized spacial score (nSPS) is 17.3. The molecular formula is C14H25N3. The van der Waals surface area contributed by atoms with Crippen molar-refractivity contribution < 1.29 is 0 Å². The fourth-order valence-corrected chi connectivity index (χ4v) is 2.35. The van der Waals surface area contributed by atoms with Gasteiger partial charge in [-0.15, -0.1) is 0 Å². The molecule has 0 amide bonds. The van der Waals surface area contributed by atoms with Gasteiger partial charge >= 0.3 is 0 Å². The highest BCUT2D eigenvalue weighted by Crippen LogP contribution is 2.37. The largest absolute Gasteiger partial charge is 0.334 e. The zero-order valence-electron chi connectivity index (χ0n) is 11.2. The lowest BCUT2D eigenvalue weighted by molar-refractivity contribution is 0.433. The molecule has 17 heavy (non-hydrogen) atoms. The van der Waals surface area contributed by atoms with Crippen molar-refractivity contribution in [3.8, 4) is 0 Å². The van der Waals surface area contributed by atoms with Gasteiger partial charge in [-0.05, 0) is 31.7 Å². The Hall–Kier alpha value is -0.830. The van der Waals surface area contributed by atoms with Crippen LogP contribution < -0.4 is 5.32 Å². The fourth-order valence-electron chi connectivity index (χ4n) is 2.35. The fraction of sp³-hybridized carbons (Fsp3) is 0.786. The molecular weight excluding hydrogens is 210 g/mol. The van der Waals surface area contributed by atoms with Crippen LogP contribution in [-0.4, -0.2) is 16.1 Å². The van der Waals surface area contributed by atoms with E-state index in [9.17, 15) is 0 Å². The van der Waals surface area contributed by atoms with E-state index in [1.165, 1.54) is 37.9 Å². The summed E-state index contributed by atoms with van der Waals surface area (Å²) in [4.78, 5) is 4.57. The lowest BCUT2D eigenvalue weighted by Crippen LogP contribution is -2.25. The molecule has 2 rings (SSSR count). The summed E-state index contributed by atoms with van der Waals surface area (Å²) in [6, 6.07) is 0.462. The van der Waals surface area contributed by atoms with E-state index in [0.717, 1.165) is 19.0 Å². The number of rotatable bonds is 8. The maximum atomic E-state index is 4.57. The lowest BCUT2D eigenvalue weighted by Gasteiger charge is -2.19. The van der Waals surface area contributed by atoms with Gasteiger partial charge in [0.15, 0.2) is 0 Å². The number of aromatic nitrogens is 2. The quantitative estimate of drug-likeness (QED) is 0.750. The summed E-state index contributed by atoms with van der Waals surface area (Å²) < 4.78 is 2.32. The van der Waals surface area contributed by atoms with E-state index in [1.807, 2.05) is 6.20 Å². The Balaban J connectivity index is 2.02. The maximum Gasteiger partial charge on any atom is 0.125 e. The highest BCUT2D eigenvalue weighted by molar-refractivity contribution is 5.01. The monoisotopic (exact) mass is 235 g/mol. The molecule has 1 aliphatic rings. The first kappa shape index (κ1) is 12.6. The molecule has 1 aliphatic carbocycles. The van der Waals surface area contributed by atoms with Crippen LogP contribution in [0, 0.1) is 5.92 Å². The average molecular weight is 235 g/mol. The van der Waals surface area contributed by atoms with Crippen LogP contribution in [0.25, 0.3) is 0 Å². The molecule has 0 saturated heterocycles. The summed E-state index contributed by atoms with van der Waals surface area (Å²) in [5, 5.41) is 3.66. The molecule has 1 unspecified atom stereocenters. The van der Waals surface area contributed by atoms with E-state index < -0.39 is 0 Å². The smallest absolute Gasteiger partial charge is 0.125 e. The summed E-state index contributed by atoms with van der Waals surface area (Å²) in [6.07, 6.45) is 10.5. The van der Waals surface area contributed by atoms with Crippen LogP contribution >= 0.6 is 0 Å². The van der Waals surface area contributed by atoms with Crippen LogP contribution in [0.2, 0.25) is 0 Å². The SMILES string of the molecule is CCCNC(CC1CC1)c1nccn1CCC. The van der Waals surface area contributed by atoms with Crippen LogP contribution in [0.5, 0.6) is 0 Å². The third-order valence-electron chi connectivity index (χ3n) is 3.43. The molecule has 1 aromatic heterocycles. The Morgan fingerprint density at radius 3 is 2.88 bits per heavy atom. The molecule has 1 N–H and O–H groups in total. The molecule has 0 spiro atoms. The van der Waals surface area contributed by atoms with Gasteiger partial charge in [-0.3, -0.25) is 0 Å². The molecule has 3 heteroatoms. The Bertz CT molecular complexity index is 328. The van der Waals surface area contributed by atoms with Gasteiger partial charge in [0.25, 0.3) is 0 Å². The zero-order valence-corrected chi connectivity index (χ0v) is 11.2. The molecule has 1 fully saturated rings. The second kappa shape index (κ2) is 6.20. The molecule has 1 heterocycles. The van der Waals surface area contributed by atoms with Crippen molar-refractivity contribution in [2.24, 2.45) is 5.92 Å². The minimum atomic E-state index is 0.462. The predicted octanol–water partition coefficient (Wildman–Crippen LogP) is 3.13. The minimum Gasteiger partial charge on any atom is -0.334 e. The Morgan fingerprint density at radius 2 is 2.24 bits per heavy atom. The van der Waals surface area contributed by atoms with Gasteiger partial charge in [-0.1, -0.05) is 26.7 Å². The van der Waals surface area contributed by atoms with E-state index in [-0.39, 0.29) is 0 Å². The highest BCUT2D eigenvalue weighted by atomic mass is 15.1. The first-order valence-corrected chi connectivity index (χ1v) is 7.09. The first-order valence-electron chi connectivity index (χ1n) is 7.09. The van der Waals surface area contributed by atoms with Gasteiger partial charge < -0.3 is 9.88 Å². The van der Waals surface area contributed by atoms with Crippen molar-refractivity contribution in [3.63, 3.8) is 0 Å². The van der Waals surface area contributed by atoms with Crippen LogP contribution in [0.1, 0.15) is 57.8 Å². The molecule has 1 saturated carbocycles. The van der Waals surface area contributed by atoms with Gasteiger partial charge in [-0.25, -0.2) is 4.98 Å². The van der Waals surface area contributed by atoms with Gasteiger partial charge in [0.1, 0.15) is 5.82 Å². The number of hydrogen-bond acceptors (Lipinski definition) is 2. The number of imidazole rings is 1. The van der Waals surface area contributed by atoms with Crippen molar-refractivity contribution >= 4 is 0 Å². The van der Waals surface area contributed by atoms with E-state index in [4.69, 9.17) is 0 Å². The van der Waals surface area contributed by atoms with Crippen molar-refractivity contribution in [1.82, 2.24) is 14.9 Å². The van der Waals surface area contributed by atoms with Crippen LogP contribution in [0.3, 0.4) is 0 Å². The van der Waals surface area contributed by atoms with Gasteiger partial charge in [-0.2, -0.15) is 0 Å². The van der Waals surface area contributed by atoms with Crippen molar-refractivity contribution in [2.75, 3.05) is 6.54 Å². The number of hydrogen-bond donors (Lipinski definition) is 1. The summed E-state index contributed by atoms with van der Waals surface area (Å²) in [5.74, 6) is 2.18. The molecule has 96 valence electrons. The number of aryl methyl sites for hydroxylation is 1. The van der Waals surface area contributed by atoms with Crippen LogP contribution in [-0.2, 0) is 6.54 Å². The standard InChI is InChI=1S/C14H25N3/c1-3-7-15-13(11-12-5-6-12)14-16-8-10-17(14)9-4-2/h8,10,12-13,15H,3-7,9,11H2,1-2H3. The average Bonchev–Trinajstić information content (AvgIpc) is 3.03. The number of nitrogens with zero attached hydrogens (tertiary/aromatic N) is 2. The molecule has 1 atom stereocenters.